The fourth-order valence-electron chi connectivity index (χ4n) is 2.22. The summed E-state index contributed by atoms with van der Waals surface area (Å²) in [6.45, 7) is 11.2. The van der Waals surface area contributed by atoms with Gasteiger partial charge >= 0.3 is 0 Å². The van der Waals surface area contributed by atoms with Crippen LogP contribution in [0.2, 0.25) is 0 Å². The van der Waals surface area contributed by atoms with Crippen LogP contribution in [-0.4, -0.2) is 38.0 Å². The average molecular weight is 229 g/mol. The SMILES string of the molecule is CCC(CC)C1CNCC(COC(C)C)O1. The van der Waals surface area contributed by atoms with Crippen LogP contribution in [0.4, 0.5) is 0 Å². The second-order valence-corrected chi connectivity index (χ2v) is 4.91. The molecule has 0 aliphatic carbocycles. The predicted octanol–water partition coefficient (Wildman–Crippen LogP) is 2.20. The zero-order valence-corrected chi connectivity index (χ0v) is 11.2. The summed E-state index contributed by atoms with van der Waals surface area (Å²) in [4.78, 5) is 0. The third kappa shape index (κ3) is 4.40. The van der Waals surface area contributed by atoms with E-state index < -0.39 is 0 Å². The molecule has 0 aromatic heterocycles. The van der Waals surface area contributed by atoms with Gasteiger partial charge in [0.2, 0.25) is 0 Å². The topological polar surface area (TPSA) is 30.5 Å². The van der Waals surface area contributed by atoms with E-state index in [1.165, 1.54) is 12.8 Å². The van der Waals surface area contributed by atoms with Gasteiger partial charge in [0, 0.05) is 13.1 Å². The maximum atomic E-state index is 6.09. The maximum absolute atomic E-state index is 6.09. The molecule has 1 aliphatic rings. The zero-order chi connectivity index (χ0) is 12.0. The summed E-state index contributed by atoms with van der Waals surface area (Å²) in [5.41, 5.74) is 0. The van der Waals surface area contributed by atoms with Crippen molar-refractivity contribution in [3.63, 3.8) is 0 Å². The Morgan fingerprint density at radius 1 is 1.25 bits per heavy atom. The largest absolute Gasteiger partial charge is 0.376 e. The first kappa shape index (κ1) is 13.9. The first-order valence-electron chi connectivity index (χ1n) is 6.65. The van der Waals surface area contributed by atoms with Crippen molar-refractivity contribution in [1.29, 1.82) is 0 Å². The van der Waals surface area contributed by atoms with E-state index in [0.29, 0.717) is 18.6 Å². The first-order chi connectivity index (χ1) is 7.67. The number of hydrogen-bond acceptors (Lipinski definition) is 3. The van der Waals surface area contributed by atoms with Crippen molar-refractivity contribution in [2.45, 2.75) is 58.8 Å². The van der Waals surface area contributed by atoms with E-state index in [0.717, 1.165) is 13.1 Å². The molecule has 0 saturated carbocycles. The van der Waals surface area contributed by atoms with E-state index in [9.17, 15) is 0 Å². The Morgan fingerprint density at radius 3 is 2.50 bits per heavy atom. The summed E-state index contributed by atoms with van der Waals surface area (Å²) in [6, 6.07) is 0. The third-order valence-electron chi connectivity index (χ3n) is 3.27. The first-order valence-corrected chi connectivity index (χ1v) is 6.65. The van der Waals surface area contributed by atoms with Crippen molar-refractivity contribution < 1.29 is 9.47 Å². The number of ether oxygens (including phenoxy) is 2. The zero-order valence-electron chi connectivity index (χ0n) is 11.2. The van der Waals surface area contributed by atoms with E-state index in [2.05, 4.69) is 33.0 Å². The lowest BCUT2D eigenvalue weighted by molar-refractivity contribution is -0.105. The van der Waals surface area contributed by atoms with Gasteiger partial charge in [0.05, 0.1) is 24.9 Å². The third-order valence-corrected chi connectivity index (χ3v) is 3.27. The monoisotopic (exact) mass is 229 g/mol. The average Bonchev–Trinajstić information content (AvgIpc) is 2.29. The minimum absolute atomic E-state index is 0.224. The maximum Gasteiger partial charge on any atom is 0.0937 e. The lowest BCUT2D eigenvalue weighted by Crippen LogP contribution is -2.49. The molecule has 3 nitrogen and oxygen atoms in total. The Hall–Kier alpha value is -0.120. The van der Waals surface area contributed by atoms with Crippen molar-refractivity contribution in [1.82, 2.24) is 5.32 Å². The highest BCUT2D eigenvalue weighted by Crippen LogP contribution is 2.19. The van der Waals surface area contributed by atoms with Crippen LogP contribution >= 0.6 is 0 Å². The Balaban J connectivity index is 2.34. The van der Waals surface area contributed by atoms with Gasteiger partial charge in [0.1, 0.15) is 0 Å². The van der Waals surface area contributed by atoms with Crippen molar-refractivity contribution in [3.05, 3.63) is 0 Å². The molecule has 0 aromatic rings. The van der Waals surface area contributed by atoms with Gasteiger partial charge in [0.25, 0.3) is 0 Å². The molecule has 2 unspecified atom stereocenters. The molecule has 1 saturated heterocycles. The van der Waals surface area contributed by atoms with Crippen LogP contribution < -0.4 is 5.32 Å². The molecule has 1 heterocycles. The van der Waals surface area contributed by atoms with Gasteiger partial charge in [-0.3, -0.25) is 0 Å². The van der Waals surface area contributed by atoms with E-state index in [4.69, 9.17) is 9.47 Å². The Morgan fingerprint density at radius 2 is 1.94 bits per heavy atom. The van der Waals surface area contributed by atoms with Gasteiger partial charge in [-0.25, -0.2) is 0 Å². The molecular weight excluding hydrogens is 202 g/mol. The van der Waals surface area contributed by atoms with E-state index >= 15 is 0 Å². The molecule has 0 amide bonds. The standard InChI is InChI=1S/C13H27NO2/c1-5-11(6-2)13-8-14-7-12(16-13)9-15-10(3)4/h10-14H,5-9H2,1-4H3. The summed E-state index contributed by atoms with van der Waals surface area (Å²) in [5, 5.41) is 3.45. The molecule has 1 rings (SSSR count). The minimum atomic E-state index is 0.224. The number of nitrogens with one attached hydrogen (secondary N) is 1. The molecule has 1 aliphatic heterocycles. The smallest absolute Gasteiger partial charge is 0.0937 e. The van der Waals surface area contributed by atoms with Crippen LogP contribution in [-0.2, 0) is 9.47 Å². The van der Waals surface area contributed by atoms with Gasteiger partial charge in [0.15, 0.2) is 0 Å². The van der Waals surface area contributed by atoms with Crippen LogP contribution in [0.5, 0.6) is 0 Å². The molecule has 3 heteroatoms. The molecular formula is C13H27NO2. The summed E-state index contributed by atoms with van der Waals surface area (Å²) in [7, 11) is 0. The van der Waals surface area contributed by atoms with Gasteiger partial charge in [-0.05, 0) is 19.8 Å². The number of morpholine rings is 1. The van der Waals surface area contributed by atoms with Crippen LogP contribution in [0.3, 0.4) is 0 Å². The minimum Gasteiger partial charge on any atom is -0.376 e. The van der Waals surface area contributed by atoms with Crippen molar-refractivity contribution in [3.8, 4) is 0 Å². The van der Waals surface area contributed by atoms with Crippen molar-refractivity contribution >= 4 is 0 Å². The van der Waals surface area contributed by atoms with Crippen LogP contribution in [0.15, 0.2) is 0 Å². The Bertz CT molecular complexity index is 181. The normalized spacial score (nSPS) is 26.6. The van der Waals surface area contributed by atoms with Gasteiger partial charge in [-0.2, -0.15) is 0 Å². The van der Waals surface area contributed by atoms with Crippen LogP contribution in [0.1, 0.15) is 40.5 Å². The predicted molar refractivity (Wildman–Crippen MR) is 66.7 cm³/mol. The highest BCUT2D eigenvalue weighted by atomic mass is 16.5. The van der Waals surface area contributed by atoms with E-state index in [-0.39, 0.29) is 12.2 Å². The van der Waals surface area contributed by atoms with Crippen molar-refractivity contribution in [2.24, 2.45) is 5.92 Å². The molecule has 0 radical (unpaired) electrons. The summed E-state index contributed by atoms with van der Waals surface area (Å²) in [6.07, 6.45) is 3.27. The molecule has 2 atom stereocenters. The van der Waals surface area contributed by atoms with Crippen molar-refractivity contribution in [2.75, 3.05) is 19.7 Å². The molecule has 0 aromatic carbocycles. The second kappa shape index (κ2) is 7.25. The number of hydrogen-bond donors (Lipinski definition) is 1. The Labute approximate surface area is 99.9 Å². The van der Waals surface area contributed by atoms with Crippen LogP contribution in [0, 0.1) is 5.92 Å². The molecule has 0 spiro atoms. The van der Waals surface area contributed by atoms with E-state index in [1.54, 1.807) is 0 Å². The Kier molecular flexibility index (Phi) is 6.32. The highest BCUT2D eigenvalue weighted by molar-refractivity contribution is 4.79. The summed E-state index contributed by atoms with van der Waals surface area (Å²) >= 11 is 0. The lowest BCUT2D eigenvalue weighted by Gasteiger charge is -2.35. The molecule has 1 N–H and O–H groups in total. The fourth-order valence-corrected chi connectivity index (χ4v) is 2.22. The highest BCUT2D eigenvalue weighted by Gasteiger charge is 2.27. The molecule has 1 fully saturated rings. The van der Waals surface area contributed by atoms with Crippen LogP contribution in [0.25, 0.3) is 0 Å². The second-order valence-electron chi connectivity index (χ2n) is 4.91. The molecule has 16 heavy (non-hydrogen) atoms. The molecule has 0 bridgehead atoms. The van der Waals surface area contributed by atoms with Gasteiger partial charge in [-0.15, -0.1) is 0 Å². The number of rotatable bonds is 6. The summed E-state index contributed by atoms with van der Waals surface area (Å²) < 4.78 is 11.7. The lowest BCUT2D eigenvalue weighted by atomic mass is 9.95. The molecule has 96 valence electrons. The van der Waals surface area contributed by atoms with Gasteiger partial charge < -0.3 is 14.8 Å². The van der Waals surface area contributed by atoms with E-state index in [1.807, 2.05) is 0 Å². The quantitative estimate of drug-likeness (QED) is 0.757. The van der Waals surface area contributed by atoms with Gasteiger partial charge in [-0.1, -0.05) is 26.7 Å². The summed E-state index contributed by atoms with van der Waals surface area (Å²) in [5.74, 6) is 0.675. The fraction of sp³-hybridized carbons (Fsp3) is 1.00.